The first-order valence-electron chi connectivity index (χ1n) is 3.21. The zero-order valence-electron chi connectivity index (χ0n) is 6.19. The number of nitrogens with two attached hydrogens (primary N) is 1. The fraction of sp³-hybridized carbons (Fsp3) is 0.286. The van der Waals surface area contributed by atoms with Gasteiger partial charge < -0.3 is 5.73 Å². The standard InChI is InChI=1S/C7H9ClN3/c1-4-5(3-9)2-6(8)7(10)11-4/h2,9H,3H2,1H3,(H2,10,11). The molecule has 4 heteroatoms. The molecule has 1 aromatic heterocycles. The molecule has 11 heavy (non-hydrogen) atoms. The fourth-order valence-electron chi connectivity index (χ4n) is 0.816. The average Bonchev–Trinajstić information content (AvgIpc) is 1.97. The van der Waals surface area contributed by atoms with Gasteiger partial charge in [-0.1, -0.05) is 11.6 Å². The number of pyridine rings is 1. The lowest BCUT2D eigenvalue weighted by atomic mass is 10.2. The highest BCUT2D eigenvalue weighted by Gasteiger charge is 2.02. The molecule has 3 N–H and O–H groups in total. The lowest BCUT2D eigenvalue weighted by molar-refractivity contribution is 0.981. The van der Waals surface area contributed by atoms with Crippen molar-refractivity contribution in [2.24, 2.45) is 0 Å². The molecule has 0 aromatic carbocycles. The molecule has 0 fully saturated rings. The van der Waals surface area contributed by atoms with Crippen LogP contribution in [0.2, 0.25) is 5.02 Å². The number of aryl methyl sites for hydroxylation is 1. The smallest absolute Gasteiger partial charge is 0.142 e. The SMILES string of the molecule is Cc1nc(N)c(Cl)cc1C[NH]. The van der Waals surface area contributed by atoms with E-state index in [2.05, 4.69) is 4.98 Å². The molecule has 0 saturated heterocycles. The highest BCUT2D eigenvalue weighted by molar-refractivity contribution is 6.32. The third kappa shape index (κ3) is 1.61. The van der Waals surface area contributed by atoms with Crippen LogP contribution in [0, 0.1) is 6.92 Å². The molecular weight excluding hydrogens is 162 g/mol. The number of nitrogens with one attached hydrogen (secondary N) is 1. The van der Waals surface area contributed by atoms with Crippen LogP contribution >= 0.6 is 11.6 Å². The van der Waals surface area contributed by atoms with Gasteiger partial charge >= 0.3 is 0 Å². The molecule has 0 atom stereocenters. The second kappa shape index (κ2) is 3.07. The second-order valence-electron chi connectivity index (χ2n) is 2.28. The zero-order chi connectivity index (χ0) is 8.43. The molecule has 0 aliphatic carbocycles. The number of rotatable bonds is 1. The van der Waals surface area contributed by atoms with E-state index in [4.69, 9.17) is 23.1 Å². The Balaban J connectivity index is 3.21. The molecule has 1 aromatic rings. The number of hydrogen-bond acceptors (Lipinski definition) is 2. The molecular formula is C7H9ClN3. The van der Waals surface area contributed by atoms with Gasteiger partial charge in [-0.3, -0.25) is 5.73 Å². The molecule has 0 amide bonds. The summed E-state index contributed by atoms with van der Waals surface area (Å²) >= 11 is 5.69. The van der Waals surface area contributed by atoms with Crippen LogP contribution in [0.4, 0.5) is 5.82 Å². The van der Waals surface area contributed by atoms with Crippen LogP contribution in [0.15, 0.2) is 6.07 Å². The number of halogens is 1. The van der Waals surface area contributed by atoms with Crippen molar-refractivity contribution in [3.05, 3.63) is 22.3 Å². The normalized spacial score (nSPS) is 10.1. The molecule has 0 aliphatic rings. The Labute approximate surface area is 70.4 Å². The van der Waals surface area contributed by atoms with Crippen molar-refractivity contribution in [2.45, 2.75) is 13.5 Å². The number of nitrogen functional groups attached to an aromatic ring is 1. The second-order valence-corrected chi connectivity index (χ2v) is 2.68. The molecule has 0 bridgehead atoms. The van der Waals surface area contributed by atoms with Gasteiger partial charge in [0.15, 0.2) is 0 Å². The summed E-state index contributed by atoms with van der Waals surface area (Å²) in [5, 5.41) is 0.429. The van der Waals surface area contributed by atoms with E-state index in [1.807, 2.05) is 6.92 Å². The van der Waals surface area contributed by atoms with Crippen LogP contribution in [0.25, 0.3) is 0 Å². The average molecular weight is 171 g/mol. The van der Waals surface area contributed by atoms with E-state index in [1.165, 1.54) is 0 Å². The third-order valence-electron chi connectivity index (χ3n) is 1.49. The van der Waals surface area contributed by atoms with Crippen LogP contribution in [-0.4, -0.2) is 4.98 Å². The minimum Gasteiger partial charge on any atom is -0.382 e. The van der Waals surface area contributed by atoms with E-state index in [9.17, 15) is 0 Å². The van der Waals surface area contributed by atoms with Crippen molar-refractivity contribution < 1.29 is 0 Å². The highest BCUT2D eigenvalue weighted by atomic mass is 35.5. The van der Waals surface area contributed by atoms with Crippen LogP contribution < -0.4 is 11.5 Å². The van der Waals surface area contributed by atoms with Gasteiger partial charge in [0, 0.05) is 12.2 Å². The monoisotopic (exact) mass is 170 g/mol. The minimum absolute atomic E-state index is 0.193. The molecule has 3 nitrogen and oxygen atoms in total. The summed E-state index contributed by atoms with van der Waals surface area (Å²) < 4.78 is 0. The Morgan fingerprint density at radius 1 is 1.73 bits per heavy atom. The Morgan fingerprint density at radius 2 is 2.36 bits per heavy atom. The summed E-state index contributed by atoms with van der Waals surface area (Å²) in [4.78, 5) is 3.97. The number of aromatic nitrogens is 1. The van der Waals surface area contributed by atoms with Gasteiger partial charge in [-0.25, -0.2) is 4.98 Å². The molecule has 0 unspecified atom stereocenters. The number of anilines is 1. The van der Waals surface area contributed by atoms with E-state index in [0.29, 0.717) is 10.8 Å². The Bertz CT molecular complexity index is 273. The van der Waals surface area contributed by atoms with E-state index in [0.717, 1.165) is 11.3 Å². The van der Waals surface area contributed by atoms with Crippen molar-refractivity contribution in [2.75, 3.05) is 5.73 Å². The summed E-state index contributed by atoms with van der Waals surface area (Å²) in [6, 6.07) is 1.69. The van der Waals surface area contributed by atoms with Crippen LogP contribution in [0.5, 0.6) is 0 Å². The Kier molecular flexibility index (Phi) is 2.31. The van der Waals surface area contributed by atoms with Crippen LogP contribution in [0.1, 0.15) is 11.3 Å². The topological polar surface area (TPSA) is 62.7 Å². The Hall–Kier alpha value is -0.800. The van der Waals surface area contributed by atoms with Gasteiger partial charge in [0.25, 0.3) is 0 Å². The molecule has 0 aliphatic heterocycles. The first kappa shape index (κ1) is 8.30. The van der Waals surface area contributed by atoms with Crippen molar-refractivity contribution in [3.8, 4) is 0 Å². The first-order chi connectivity index (χ1) is 5.15. The molecule has 0 saturated carbocycles. The van der Waals surface area contributed by atoms with Gasteiger partial charge in [-0.2, -0.15) is 0 Å². The number of hydrogen-bond donors (Lipinski definition) is 1. The van der Waals surface area contributed by atoms with Crippen molar-refractivity contribution in [3.63, 3.8) is 0 Å². The van der Waals surface area contributed by atoms with Gasteiger partial charge in [-0.05, 0) is 18.6 Å². The highest BCUT2D eigenvalue weighted by Crippen LogP contribution is 2.19. The summed E-state index contributed by atoms with van der Waals surface area (Å²) in [5.41, 5.74) is 14.2. The fourth-order valence-corrected chi connectivity index (χ4v) is 0.990. The van der Waals surface area contributed by atoms with E-state index < -0.39 is 0 Å². The maximum Gasteiger partial charge on any atom is 0.142 e. The zero-order valence-corrected chi connectivity index (χ0v) is 6.94. The maximum absolute atomic E-state index is 7.11. The molecule has 1 rings (SSSR count). The van der Waals surface area contributed by atoms with Crippen LogP contribution in [-0.2, 0) is 6.54 Å². The van der Waals surface area contributed by atoms with Crippen LogP contribution in [0.3, 0.4) is 0 Å². The largest absolute Gasteiger partial charge is 0.382 e. The van der Waals surface area contributed by atoms with Gasteiger partial charge in [0.1, 0.15) is 5.82 Å². The van der Waals surface area contributed by atoms with Gasteiger partial charge in [-0.15, -0.1) is 0 Å². The van der Waals surface area contributed by atoms with Gasteiger partial charge in [0.2, 0.25) is 0 Å². The van der Waals surface area contributed by atoms with Crippen molar-refractivity contribution >= 4 is 17.4 Å². The third-order valence-corrected chi connectivity index (χ3v) is 1.79. The van der Waals surface area contributed by atoms with E-state index in [1.54, 1.807) is 6.07 Å². The maximum atomic E-state index is 7.11. The quantitative estimate of drug-likeness (QED) is 0.693. The summed E-state index contributed by atoms with van der Waals surface area (Å²) in [7, 11) is 0. The lowest BCUT2D eigenvalue weighted by Gasteiger charge is -2.03. The number of nitrogens with zero attached hydrogens (tertiary/aromatic N) is 1. The molecule has 1 radical (unpaired) electrons. The van der Waals surface area contributed by atoms with Crippen molar-refractivity contribution in [1.82, 2.24) is 10.7 Å². The van der Waals surface area contributed by atoms with E-state index in [-0.39, 0.29) is 6.54 Å². The first-order valence-corrected chi connectivity index (χ1v) is 3.59. The predicted molar refractivity (Wildman–Crippen MR) is 45.2 cm³/mol. The summed E-state index contributed by atoms with van der Waals surface area (Å²) in [5.74, 6) is 0.335. The Morgan fingerprint density at radius 3 is 2.91 bits per heavy atom. The lowest BCUT2D eigenvalue weighted by Crippen LogP contribution is -1.98. The molecule has 59 valence electrons. The predicted octanol–water partition coefficient (Wildman–Crippen LogP) is 1.41. The molecule has 1 heterocycles. The van der Waals surface area contributed by atoms with E-state index >= 15 is 0 Å². The van der Waals surface area contributed by atoms with Gasteiger partial charge in [0.05, 0.1) is 5.02 Å². The van der Waals surface area contributed by atoms with Crippen molar-refractivity contribution in [1.29, 1.82) is 0 Å². The summed E-state index contributed by atoms with van der Waals surface area (Å²) in [6.07, 6.45) is 0. The summed E-state index contributed by atoms with van der Waals surface area (Å²) in [6.45, 7) is 2.01. The molecule has 0 spiro atoms. The minimum atomic E-state index is 0.193.